The van der Waals surface area contributed by atoms with Gasteiger partial charge in [0.25, 0.3) is 5.56 Å². The number of phenols is 1. The molecule has 39 heavy (non-hydrogen) atoms. The summed E-state index contributed by atoms with van der Waals surface area (Å²) in [6.07, 6.45) is 3.56. The molecule has 0 bridgehead atoms. The minimum Gasteiger partial charge on any atom is -0.505 e. The van der Waals surface area contributed by atoms with Gasteiger partial charge in [0.05, 0.1) is 5.69 Å². The predicted octanol–water partition coefficient (Wildman–Crippen LogP) is 5.42. The van der Waals surface area contributed by atoms with Crippen LogP contribution in [-0.4, -0.2) is 35.4 Å². The minimum atomic E-state index is -0.623. The van der Waals surface area contributed by atoms with Crippen LogP contribution in [0.25, 0.3) is 5.69 Å². The lowest BCUT2D eigenvalue weighted by atomic mass is 9.77. The number of nitrogens with one attached hydrogen (secondary N) is 1. The van der Waals surface area contributed by atoms with E-state index in [1.807, 2.05) is 32.0 Å². The van der Waals surface area contributed by atoms with E-state index in [1.54, 1.807) is 24.3 Å². The molecule has 1 aliphatic carbocycles. The smallest absolute Gasteiger partial charge is 0.286 e. The summed E-state index contributed by atoms with van der Waals surface area (Å²) in [5, 5.41) is 54.5. The lowest BCUT2D eigenvalue weighted by Gasteiger charge is -2.28. The van der Waals surface area contributed by atoms with Gasteiger partial charge in [0, 0.05) is 11.5 Å². The van der Waals surface area contributed by atoms with Crippen molar-refractivity contribution >= 4 is 11.4 Å². The number of pyridine rings is 1. The number of rotatable bonds is 5. The van der Waals surface area contributed by atoms with Crippen LogP contribution in [0.4, 0.5) is 11.4 Å². The Morgan fingerprint density at radius 1 is 1.08 bits per heavy atom. The summed E-state index contributed by atoms with van der Waals surface area (Å²) in [5.41, 5.74) is 2.72. The fourth-order valence-corrected chi connectivity index (χ4v) is 5.23. The second-order valence-electron chi connectivity index (χ2n) is 9.94. The maximum absolute atomic E-state index is 13.5. The third-order valence-corrected chi connectivity index (χ3v) is 7.58. The maximum Gasteiger partial charge on any atom is 0.286 e. The number of phenolic OH excluding ortho intramolecular Hbond substituents is 1. The van der Waals surface area contributed by atoms with Crippen molar-refractivity contribution in [3.8, 4) is 23.4 Å². The number of nitriles is 1. The SMILES string of the molecule is Cc1ccc(-n2c(O)c(C#N)c(C)c(N=Nc3cccc(C4CCCC(c5nn[nH]n5)C4)c3O)c2=O)cc1C. The van der Waals surface area contributed by atoms with Crippen molar-refractivity contribution in [2.75, 3.05) is 0 Å². The molecule has 2 aromatic heterocycles. The van der Waals surface area contributed by atoms with E-state index in [9.17, 15) is 20.3 Å². The third kappa shape index (κ3) is 4.77. The third-order valence-electron chi connectivity index (χ3n) is 7.58. The molecule has 5 rings (SSSR count). The number of hydrogen-bond acceptors (Lipinski definition) is 9. The van der Waals surface area contributed by atoms with Gasteiger partial charge in [-0.25, -0.2) is 4.57 Å². The van der Waals surface area contributed by atoms with Crippen LogP contribution in [0.2, 0.25) is 0 Å². The van der Waals surface area contributed by atoms with E-state index in [1.165, 1.54) is 6.92 Å². The van der Waals surface area contributed by atoms with Crippen molar-refractivity contribution < 1.29 is 10.2 Å². The number of aromatic amines is 1. The summed E-state index contributed by atoms with van der Waals surface area (Å²) in [6, 6.07) is 12.5. The molecule has 0 saturated heterocycles. The standard InChI is InChI=1S/C28H28N8O3/c1-15-10-11-20(12-16(15)2)36-27(38)22(14-29)17(3)24(28(36)39)31-30-23-9-5-8-21(25(23)37)18-6-4-7-19(13-18)26-32-34-35-33-26/h5,8-12,18-19,37-38H,4,6-7,13H2,1-3H3,(H,32,33,34,35). The monoisotopic (exact) mass is 524 g/mol. The molecule has 2 aromatic carbocycles. The highest BCUT2D eigenvalue weighted by molar-refractivity contribution is 5.61. The van der Waals surface area contributed by atoms with Gasteiger partial charge in [-0.1, -0.05) is 29.8 Å². The first-order valence-electron chi connectivity index (χ1n) is 12.7. The van der Waals surface area contributed by atoms with Gasteiger partial charge in [-0.05, 0) is 80.8 Å². The van der Waals surface area contributed by atoms with E-state index in [0.29, 0.717) is 11.5 Å². The van der Waals surface area contributed by atoms with Crippen molar-refractivity contribution in [3.63, 3.8) is 0 Å². The number of aromatic nitrogens is 5. The summed E-state index contributed by atoms with van der Waals surface area (Å²) < 4.78 is 1.06. The van der Waals surface area contributed by atoms with Crippen LogP contribution in [0.1, 0.15) is 71.2 Å². The average molecular weight is 525 g/mol. The second kappa shape index (κ2) is 10.5. The minimum absolute atomic E-state index is 0.00793. The number of nitrogens with zero attached hydrogens (tertiary/aromatic N) is 7. The van der Waals surface area contributed by atoms with Crippen LogP contribution in [0, 0.1) is 32.1 Å². The number of aromatic hydroxyl groups is 2. The molecular formula is C28H28N8O3. The zero-order valence-electron chi connectivity index (χ0n) is 21.9. The molecule has 2 atom stereocenters. The second-order valence-corrected chi connectivity index (χ2v) is 9.94. The topological polar surface area (TPSA) is 165 Å². The average Bonchev–Trinajstić information content (AvgIpc) is 3.47. The number of benzene rings is 2. The summed E-state index contributed by atoms with van der Waals surface area (Å²) in [6.45, 7) is 5.37. The summed E-state index contributed by atoms with van der Waals surface area (Å²) >= 11 is 0. The van der Waals surface area contributed by atoms with Gasteiger partial charge >= 0.3 is 0 Å². The van der Waals surface area contributed by atoms with Gasteiger partial charge in [0.1, 0.15) is 23.1 Å². The van der Waals surface area contributed by atoms with Gasteiger partial charge in [-0.3, -0.25) is 4.79 Å². The first-order chi connectivity index (χ1) is 18.8. The molecular weight excluding hydrogens is 496 g/mol. The van der Waals surface area contributed by atoms with Crippen molar-refractivity contribution in [1.82, 2.24) is 25.2 Å². The zero-order chi connectivity index (χ0) is 27.7. The predicted molar refractivity (Wildman–Crippen MR) is 143 cm³/mol. The van der Waals surface area contributed by atoms with Crippen molar-refractivity contribution in [3.05, 3.63) is 80.4 Å². The largest absolute Gasteiger partial charge is 0.505 e. The Kier molecular flexibility index (Phi) is 6.94. The number of tetrazole rings is 1. The molecule has 3 N–H and O–H groups in total. The van der Waals surface area contributed by atoms with Gasteiger partial charge in [-0.15, -0.1) is 20.4 Å². The first-order valence-corrected chi connectivity index (χ1v) is 12.7. The van der Waals surface area contributed by atoms with Crippen LogP contribution in [0.3, 0.4) is 0 Å². The van der Waals surface area contributed by atoms with Gasteiger partial charge in [0.15, 0.2) is 11.5 Å². The molecule has 1 saturated carbocycles. The molecule has 2 heterocycles. The Morgan fingerprint density at radius 2 is 1.87 bits per heavy atom. The molecule has 0 aliphatic heterocycles. The Bertz CT molecular complexity index is 1670. The Hall–Kier alpha value is -4.85. The van der Waals surface area contributed by atoms with Crippen LogP contribution in [-0.2, 0) is 0 Å². The normalized spacial score (nSPS) is 17.4. The first kappa shape index (κ1) is 25.8. The highest BCUT2D eigenvalue weighted by Crippen LogP contribution is 2.45. The highest BCUT2D eigenvalue weighted by atomic mass is 16.3. The number of para-hydroxylation sites is 1. The van der Waals surface area contributed by atoms with Gasteiger partial charge < -0.3 is 10.2 Å². The van der Waals surface area contributed by atoms with Gasteiger partial charge in [0.2, 0.25) is 5.88 Å². The fraction of sp³-hybridized carbons (Fsp3) is 0.321. The lowest BCUT2D eigenvalue weighted by molar-refractivity contribution is 0.370. The van der Waals surface area contributed by atoms with E-state index in [2.05, 4.69) is 30.9 Å². The molecule has 11 nitrogen and oxygen atoms in total. The Labute approximate surface area is 224 Å². The van der Waals surface area contributed by atoms with Gasteiger partial charge in [-0.2, -0.15) is 10.5 Å². The molecule has 0 amide bonds. The molecule has 11 heteroatoms. The van der Waals surface area contributed by atoms with E-state index in [-0.39, 0.29) is 40.1 Å². The van der Waals surface area contributed by atoms with E-state index in [4.69, 9.17) is 0 Å². The van der Waals surface area contributed by atoms with Crippen LogP contribution < -0.4 is 5.56 Å². The lowest BCUT2D eigenvalue weighted by Crippen LogP contribution is -2.20. The number of hydrogen-bond donors (Lipinski definition) is 3. The zero-order valence-corrected chi connectivity index (χ0v) is 21.9. The van der Waals surface area contributed by atoms with E-state index < -0.39 is 11.4 Å². The molecule has 1 fully saturated rings. The Balaban J connectivity index is 1.53. The molecule has 4 aromatic rings. The summed E-state index contributed by atoms with van der Waals surface area (Å²) in [4.78, 5) is 13.5. The molecule has 0 radical (unpaired) electrons. The maximum atomic E-state index is 13.5. The summed E-state index contributed by atoms with van der Waals surface area (Å²) in [5.74, 6) is 0.415. The molecule has 0 spiro atoms. The van der Waals surface area contributed by atoms with E-state index >= 15 is 0 Å². The van der Waals surface area contributed by atoms with Crippen molar-refractivity contribution in [2.45, 2.75) is 58.3 Å². The van der Waals surface area contributed by atoms with Crippen LogP contribution in [0.5, 0.6) is 11.6 Å². The van der Waals surface area contributed by atoms with Crippen LogP contribution in [0.15, 0.2) is 51.4 Å². The molecule has 1 aliphatic rings. The number of H-pyrrole nitrogens is 1. The van der Waals surface area contributed by atoms with Crippen molar-refractivity contribution in [1.29, 1.82) is 5.26 Å². The molecule has 198 valence electrons. The molecule has 2 unspecified atom stereocenters. The highest BCUT2D eigenvalue weighted by Gasteiger charge is 2.29. The van der Waals surface area contributed by atoms with E-state index in [0.717, 1.165) is 46.9 Å². The van der Waals surface area contributed by atoms with Crippen molar-refractivity contribution in [2.24, 2.45) is 10.2 Å². The quantitative estimate of drug-likeness (QED) is 0.293. The fourth-order valence-electron chi connectivity index (χ4n) is 5.23. The number of aryl methyl sites for hydroxylation is 2. The summed E-state index contributed by atoms with van der Waals surface area (Å²) in [7, 11) is 0. The number of azo groups is 1. The Morgan fingerprint density at radius 3 is 2.59 bits per heavy atom. The van der Waals surface area contributed by atoms with Crippen LogP contribution >= 0.6 is 0 Å².